The van der Waals surface area contributed by atoms with Crippen molar-refractivity contribution in [2.45, 2.75) is 12.5 Å². The molecule has 1 atom stereocenters. The molecule has 2 amide bonds. The molecule has 1 aromatic rings. The number of amides is 2. The molecule has 6 heteroatoms. The van der Waals surface area contributed by atoms with Crippen LogP contribution in [0, 0.1) is 0 Å². The molecule has 0 aliphatic carbocycles. The number of nitrogens with one attached hydrogen (secondary N) is 1. The van der Waals surface area contributed by atoms with Crippen LogP contribution in [0.1, 0.15) is 16.8 Å². The van der Waals surface area contributed by atoms with E-state index in [1.165, 1.54) is 4.90 Å². The molecule has 2 rings (SSSR count). The quantitative estimate of drug-likeness (QED) is 0.918. The van der Waals surface area contributed by atoms with Gasteiger partial charge < -0.3 is 15.0 Å². The van der Waals surface area contributed by atoms with E-state index in [2.05, 4.69) is 5.32 Å². The number of nitrogens with zero attached hydrogens (tertiary/aromatic N) is 1. The molecule has 1 fully saturated rings. The lowest BCUT2D eigenvalue weighted by Crippen LogP contribution is -2.28. The molecule has 5 nitrogen and oxygen atoms in total. The van der Waals surface area contributed by atoms with Gasteiger partial charge in [-0.2, -0.15) is 0 Å². The third kappa shape index (κ3) is 3.38. The zero-order valence-electron chi connectivity index (χ0n) is 10.6. The van der Waals surface area contributed by atoms with Crippen LogP contribution in [-0.2, 0) is 4.74 Å². The predicted molar refractivity (Wildman–Crippen MR) is 71.3 cm³/mol. The number of rotatable bonds is 4. The molecule has 0 spiro atoms. The number of carbonyl (C=O) groups is 2. The predicted octanol–water partition coefficient (Wildman–Crippen LogP) is 1.91. The highest BCUT2D eigenvalue weighted by molar-refractivity contribution is 6.33. The fourth-order valence-electron chi connectivity index (χ4n) is 1.89. The monoisotopic (exact) mass is 282 g/mol. The first-order valence-corrected chi connectivity index (χ1v) is 6.40. The van der Waals surface area contributed by atoms with Crippen molar-refractivity contribution in [2.24, 2.45) is 0 Å². The maximum absolute atomic E-state index is 11.9. The summed E-state index contributed by atoms with van der Waals surface area (Å²) < 4.78 is 5.09. The van der Waals surface area contributed by atoms with E-state index in [9.17, 15) is 9.59 Å². The van der Waals surface area contributed by atoms with Gasteiger partial charge in [0.1, 0.15) is 6.10 Å². The first-order valence-electron chi connectivity index (χ1n) is 6.02. The molecule has 0 aromatic heterocycles. The van der Waals surface area contributed by atoms with Gasteiger partial charge in [-0.25, -0.2) is 4.79 Å². The van der Waals surface area contributed by atoms with Crippen molar-refractivity contribution in [3.05, 3.63) is 34.9 Å². The van der Waals surface area contributed by atoms with Crippen molar-refractivity contribution in [2.75, 3.05) is 20.1 Å². The number of halogens is 1. The highest BCUT2D eigenvalue weighted by Gasteiger charge is 2.27. The number of likely N-dealkylation sites (N-methyl/N-ethyl adjacent to an activating group) is 1. The Hall–Kier alpha value is -1.75. The van der Waals surface area contributed by atoms with E-state index >= 15 is 0 Å². The van der Waals surface area contributed by atoms with Crippen LogP contribution >= 0.6 is 11.6 Å². The van der Waals surface area contributed by atoms with Gasteiger partial charge in [0.25, 0.3) is 5.91 Å². The maximum atomic E-state index is 11.9. The molecule has 1 aromatic carbocycles. The van der Waals surface area contributed by atoms with Crippen LogP contribution in [-0.4, -0.2) is 43.1 Å². The zero-order chi connectivity index (χ0) is 13.8. The second-order valence-electron chi connectivity index (χ2n) is 4.41. The van der Waals surface area contributed by atoms with Crippen molar-refractivity contribution in [3.8, 4) is 0 Å². The van der Waals surface area contributed by atoms with Gasteiger partial charge in [-0.15, -0.1) is 0 Å². The molecular weight excluding hydrogens is 268 g/mol. The number of carbonyl (C=O) groups excluding carboxylic acids is 2. The third-order valence-corrected chi connectivity index (χ3v) is 3.26. The van der Waals surface area contributed by atoms with E-state index in [-0.39, 0.29) is 18.1 Å². The number of hydrogen-bond donors (Lipinski definition) is 1. The molecule has 0 radical (unpaired) electrons. The lowest BCUT2D eigenvalue weighted by molar-refractivity contribution is 0.0944. The van der Waals surface area contributed by atoms with Gasteiger partial charge in [0.15, 0.2) is 0 Å². The Balaban J connectivity index is 1.79. The molecule has 1 aliphatic rings. The van der Waals surface area contributed by atoms with Gasteiger partial charge in [0.2, 0.25) is 0 Å². The fourth-order valence-corrected chi connectivity index (χ4v) is 2.11. The first kappa shape index (κ1) is 13.7. The molecule has 1 N–H and O–H groups in total. The molecular formula is C13H15ClN2O3. The molecule has 19 heavy (non-hydrogen) atoms. The Kier molecular flexibility index (Phi) is 4.27. The molecule has 102 valence electrons. The SMILES string of the molecule is CN1CC(CCNC(=O)c2ccccc2Cl)OC1=O. The lowest BCUT2D eigenvalue weighted by Gasteiger charge is -2.09. The highest BCUT2D eigenvalue weighted by Crippen LogP contribution is 2.15. The van der Waals surface area contributed by atoms with Crippen molar-refractivity contribution in [1.82, 2.24) is 10.2 Å². The Bertz CT molecular complexity index is 493. The summed E-state index contributed by atoms with van der Waals surface area (Å²) in [7, 11) is 1.69. The van der Waals surface area contributed by atoms with Gasteiger partial charge in [-0.05, 0) is 12.1 Å². The van der Waals surface area contributed by atoms with Gasteiger partial charge in [-0.3, -0.25) is 4.79 Å². The van der Waals surface area contributed by atoms with Crippen molar-refractivity contribution < 1.29 is 14.3 Å². The largest absolute Gasteiger partial charge is 0.444 e. The summed E-state index contributed by atoms with van der Waals surface area (Å²) in [5, 5.41) is 3.19. The zero-order valence-corrected chi connectivity index (χ0v) is 11.3. The summed E-state index contributed by atoms with van der Waals surface area (Å²) in [5.74, 6) is -0.219. The second kappa shape index (κ2) is 5.93. The van der Waals surface area contributed by atoms with Crippen LogP contribution in [0.15, 0.2) is 24.3 Å². The van der Waals surface area contributed by atoms with Gasteiger partial charge >= 0.3 is 6.09 Å². The third-order valence-electron chi connectivity index (χ3n) is 2.93. The van der Waals surface area contributed by atoms with Crippen molar-refractivity contribution in [3.63, 3.8) is 0 Å². The highest BCUT2D eigenvalue weighted by atomic mass is 35.5. The van der Waals surface area contributed by atoms with E-state index < -0.39 is 0 Å². The standard InChI is InChI=1S/C13H15ClN2O3/c1-16-8-9(19-13(16)18)6-7-15-12(17)10-4-2-3-5-11(10)14/h2-5,9H,6-8H2,1H3,(H,15,17). The van der Waals surface area contributed by atoms with Crippen LogP contribution in [0.2, 0.25) is 5.02 Å². The van der Waals surface area contributed by atoms with E-state index in [1.54, 1.807) is 31.3 Å². The van der Waals surface area contributed by atoms with Gasteiger partial charge in [0.05, 0.1) is 17.1 Å². The van der Waals surface area contributed by atoms with Crippen LogP contribution in [0.4, 0.5) is 4.79 Å². The second-order valence-corrected chi connectivity index (χ2v) is 4.82. The number of hydrogen-bond acceptors (Lipinski definition) is 3. The van der Waals surface area contributed by atoms with Gasteiger partial charge in [0, 0.05) is 20.0 Å². The minimum Gasteiger partial charge on any atom is -0.444 e. The van der Waals surface area contributed by atoms with Crippen LogP contribution < -0.4 is 5.32 Å². The van der Waals surface area contributed by atoms with Crippen LogP contribution in [0.5, 0.6) is 0 Å². The van der Waals surface area contributed by atoms with E-state index in [4.69, 9.17) is 16.3 Å². The maximum Gasteiger partial charge on any atom is 0.409 e. The number of benzene rings is 1. The Morgan fingerprint density at radius 1 is 1.53 bits per heavy atom. The summed E-state index contributed by atoms with van der Waals surface area (Å²) in [6.45, 7) is 0.997. The molecule has 0 bridgehead atoms. The Morgan fingerprint density at radius 2 is 2.26 bits per heavy atom. The van der Waals surface area contributed by atoms with Crippen LogP contribution in [0.25, 0.3) is 0 Å². The minimum absolute atomic E-state index is 0.163. The van der Waals surface area contributed by atoms with E-state index in [1.807, 2.05) is 0 Å². The van der Waals surface area contributed by atoms with Crippen molar-refractivity contribution >= 4 is 23.6 Å². The number of cyclic esters (lactones) is 1. The molecule has 1 saturated heterocycles. The normalized spacial score (nSPS) is 18.3. The van der Waals surface area contributed by atoms with E-state index in [0.29, 0.717) is 30.1 Å². The first-order chi connectivity index (χ1) is 9.08. The van der Waals surface area contributed by atoms with Gasteiger partial charge in [-0.1, -0.05) is 23.7 Å². The lowest BCUT2D eigenvalue weighted by atomic mass is 10.2. The minimum atomic E-state index is -0.317. The summed E-state index contributed by atoms with van der Waals surface area (Å²) in [6.07, 6.45) is 0.109. The summed E-state index contributed by atoms with van der Waals surface area (Å²) in [6, 6.07) is 6.87. The average molecular weight is 283 g/mol. The smallest absolute Gasteiger partial charge is 0.409 e. The Labute approximate surface area is 116 Å². The molecule has 1 unspecified atom stereocenters. The molecule has 1 aliphatic heterocycles. The summed E-state index contributed by atoms with van der Waals surface area (Å²) in [5.41, 5.74) is 0.449. The topological polar surface area (TPSA) is 58.6 Å². The average Bonchev–Trinajstić information content (AvgIpc) is 2.69. The van der Waals surface area contributed by atoms with E-state index in [0.717, 1.165) is 0 Å². The van der Waals surface area contributed by atoms with Crippen LogP contribution in [0.3, 0.4) is 0 Å². The number of ether oxygens (including phenoxy) is 1. The summed E-state index contributed by atoms with van der Waals surface area (Å²) in [4.78, 5) is 24.5. The fraction of sp³-hybridized carbons (Fsp3) is 0.385. The summed E-state index contributed by atoms with van der Waals surface area (Å²) >= 11 is 5.93. The van der Waals surface area contributed by atoms with Crippen molar-refractivity contribution in [1.29, 1.82) is 0 Å². The molecule has 0 saturated carbocycles. The molecule has 1 heterocycles. The Morgan fingerprint density at radius 3 is 2.89 bits per heavy atom.